The maximum atomic E-state index is 12.1. The Morgan fingerprint density at radius 3 is 2.88 bits per heavy atom. The minimum atomic E-state index is -0.0448. The summed E-state index contributed by atoms with van der Waals surface area (Å²) in [6.07, 6.45) is 2.66. The summed E-state index contributed by atoms with van der Waals surface area (Å²) >= 11 is 3.15. The number of hydrogen-bond acceptors (Lipinski definition) is 5. The van der Waals surface area contributed by atoms with Gasteiger partial charge in [-0.15, -0.1) is 21.5 Å². The van der Waals surface area contributed by atoms with E-state index in [0.717, 1.165) is 23.8 Å². The van der Waals surface area contributed by atoms with E-state index in [-0.39, 0.29) is 5.91 Å². The van der Waals surface area contributed by atoms with Crippen LogP contribution in [0.25, 0.3) is 0 Å². The molecule has 0 saturated carbocycles. The molecule has 1 amide bonds. The predicted molar refractivity (Wildman–Crippen MR) is 98.6 cm³/mol. The molecule has 0 aliphatic carbocycles. The van der Waals surface area contributed by atoms with Crippen molar-refractivity contribution in [3.63, 3.8) is 0 Å². The zero-order valence-corrected chi connectivity index (χ0v) is 14.9. The molecule has 0 spiro atoms. The number of hydrogen-bond donors (Lipinski definition) is 1. The second-order valence-corrected chi connectivity index (χ2v) is 7.31. The van der Waals surface area contributed by atoms with Crippen LogP contribution in [0.5, 0.6) is 0 Å². The lowest BCUT2D eigenvalue weighted by atomic mass is 10.2. The van der Waals surface area contributed by atoms with Crippen LogP contribution in [0.15, 0.2) is 53.3 Å². The lowest BCUT2D eigenvalue weighted by Gasteiger charge is -2.07. The van der Waals surface area contributed by atoms with Gasteiger partial charge in [0.25, 0.3) is 0 Å². The molecule has 0 radical (unpaired) electrons. The van der Waals surface area contributed by atoms with Gasteiger partial charge in [-0.25, -0.2) is 0 Å². The number of aromatic nitrogens is 3. The van der Waals surface area contributed by atoms with Crippen LogP contribution in [0.1, 0.15) is 10.4 Å². The predicted octanol–water partition coefficient (Wildman–Crippen LogP) is 3.62. The molecule has 0 aliphatic heterocycles. The van der Waals surface area contributed by atoms with Crippen LogP contribution in [-0.4, -0.2) is 26.4 Å². The Morgan fingerprint density at radius 1 is 1.29 bits per heavy atom. The van der Waals surface area contributed by atoms with Gasteiger partial charge in [0.15, 0.2) is 5.16 Å². The van der Waals surface area contributed by atoms with Crippen molar-refractivity contribution >= 4 is 34.7 Å². The number of amides is 1. The van der Waals surface area contributed by atoms with E-state index in [9.17, 15) is 4.79 Å². The minimum Gasteiger partial charge on any atom is -0.325 e. The third kappa shape index (κ3) is 4.69. The average Bonchev–Trinajstić information content (AvgIpc) is 3.24. The number of carbonyl (C=O) groups is 1. The highest BCUT2D eigenvalue weighted by atomic mass is 32.2. The normalized spacial score (nSPS) is 10.7. The summed E-state index contributed by atoms with van der Waals surface area (Å²) in [6, 6.07) is 11.9. The number of benzene rings is 1. The fourth-order valence-corrected chi connectivity index (χ4v) is 3.60. The average molecular weight is 358 g/mol. The van der Waals surface area contributed by atoms with Crippen molar-refractivity contribution < 1.29 is 4.79 Å². The number of nitrogens with one attached hydrogen (secondary N) is 1. The summed E-state index contributed by atoms with van der Waals surface area (Å²) < 4.78 is 1.99. The second-order valence-electron chi connectivity index (χ2n) is 5.34. The van der Waals surface area contributed by atoms with Crippen LogP contribution in [0.2, 0.25) is 0 Å². The second kappa shape index (κ2) is 8.12. The number of nitrogens with zero attached hydrogens (tertiary/aromatic N) is 3. The Morgan fingerprint density at radius 2 is 2.12 bits per heavy atom. The highest BCUT2D eigenvalue weighted by Gasteiger charge is 2.09. The molecule has 0 fully saturated rings. The summed E-state index contributed by atoms with van der Waals surface area (Å²) in [5, 5.41) is 13.8. The van der Waals surface area contributed by atoms with Gasteiger partial charge in [0.2, 0.25) is 5.91 Å². The molecule has 5 nitrogen and oxygen atoms in total. The van der Waals surface area contributed by atoms with Crippen molar-refractivity contribution in [1.29, 1.82) is 0 Å². The monoisotopic (exact) mass is 358 g/mol. The zero-order valence-electron chi connectivity index (χ0n) is 13.3. The van der Waals surface area contributed by atoms with Crippen molar-refractivity contribution in [3.8, 4) is 0 Å². The summed E-state index contributed by atoms with van der Waals surface area (Å²) in [4.78, 5) is 13.4. The van der Waals surface area contributed by atoms with Gasteiger partial charge in [-0.2, -0.15) is 0 Å². The van der Waals surface area contributed by atoms with Gasteiger partial charge in [-0.05, 0) is 36.9 Å². The molecular formula is C17H18N4OS2. The number of rotatable bonds is 7. The van der Waals surface area contributed by atoms with E-state index < -0.39 is 0 Å². The fourth-order valence-electron chi connectivity index (χ4n) is 2.16. The summed E-state index contributed by atoms with van der Waals surface area (Å²) in [7, 11) is 0. The van der Waals surface area contributed by atoms with Gasteiger partial charge >= 0.3 is 0 Å². The topological polar surface area (TPSA) is 59.8 Å². The summed E-state index contributed by atoms with van der Waals surface area (Å²) in [6.45, 7) is 2.83. The van der Waals surface area contributed by atoms with Gasteiger partial charge in [0, 0.05) is 17.1 Å². The number of carbonyl (C=O) groups excluding carboxylic acids is 1. The SMILES string of the molecule is Cc1ccc(NC(=O)CSc2nncn2CCc2cccs2)cc1. The van der Waals surface area contributed by atoms with E-state index in [2.05, 4.69) is 33.0 Å². The molecule has 3 aromatic rings. The minimum absolute atomic E-state index is 0.0448. The number of aryl methyl sites for hydroxylation is 3. The van der Waals surface area contributed by atoms with Crippen molar-refractivity contribution in [2.45, 2.75) is 25.0 Å². The van der Waals surface area contributed by atoms with Crippen LogP contribution in [0, 0.1) is 6.92 Å². The van der Waals surface area contributed by atoms with E-state index >= 15 is 0 Å². The first-order chi connectivity index (χ1) is 11.7. The van der Waals surface area contributed by atoms with Gasteiger partial charge in [0.1, 0.15) is 6.33 Å². The molecular weight excluding hydrogens is 340 g/mol. The van der Waals surface area contributed by atoms with Crippen molar-refractivity contribution in [1.82, 2.24) is 14.8 Å². The van der Waals surface area contributed by atoms with Crippen LogP contribution in [0.3, 0.4) is 0 Å². The molecule has 1 N–H and O–H groups in total. The van der Waals surface area contributed by atoms with Crippen molar-refractivity contribution in [2.24, 2.45) is 0 Å². The quantitative estimate of drug-likeness (QED) is 0.655. The molecule has 7 heteroatoms. The van der Waals surface area contributed by atoms with E-state index in [1.807, 2.05) is 35.8 Å². The number of thioether (sulfide) groups is 1. The first kappa shape index (κ1) is 16.7. The standard InChI is InChI=1S/C17H18N4OS2/c1-13-4-6-14(7-5-13)19-16(22)11-24-17-20-18-12-21(17)9-8-15-3-2-10-23-15/h2-7,10,12H,8-9,11H2,1H3,(H,19,22). The lowest BCUT2D eigenvalue weighted by molar-refractivity contribution is -0.113. The van der Waals surface area contributed by atoms with Crippen molar-refractivity contribution in [3.05, 3.63) is 58.5 Å². The Kier molecular flexibility index (Phi) is 5.66. The molecule has 1 aromatic carbocycles. The van der Waals surface area contributed by atoms with Gasteiger partial charge < -0.3 is 9.88 Å². The Labute approximate surface area is 149 Å². The van der Waals surface area contributed by atoms with Crippen molar-refractivity contribution in [2.75, 3.05) is 11.1 Å². The maximum Gasteiger partial charge on any atom is 0.234 e. The molecule has 0 unspecified atom stereocenters. The zero-order chi connectivity index (χ0) is 16.8. The molecule has 2 heterocycles. The first-order valence-electron chi connectivity index (χ1n) is 7.60. The largest absolute Gasteiger partial charge is 0.325 e. The maximum absolute atomic E-state index is 12.1. The van der Waals surface area contributed by atoms with Crippen LogP contribution < -0.4 is 5.32 Å². The summed E-state index contributed by atoms with van der Waals surface area (Å²) in [5.41, 5.74) is 1.98. The molecule has 3 rings (SSSR count). The molecule has 0 saturated heterocycles. The molecule has 124 valence electrons. The van der Waals surface area contributed by atoms with E-state index in [0.29, 0.717) is 5.75 Å². The van der Waals surface area contributed by atoms with Gasteiger partial charge in [0.05, 0.1) is 5.75 Å². The number of thiophene rings is 1. The molecule has 0 atom stereocenters. The third-order valence-electron chi connectivity index (χ3n) is 3.43. The number of anilines is 1. The van der Waals surface area contributed by atoms with E-state index in [1.165, 1.54) is 22.2 Å². The highest BCUT2D eigenvalue weighted by Crippen LogP contribution is 2.17. The molecule has 2 aromatic heterocycles. The Balaban J connectivity index is 1.50. The highest BCUT2D eigenvalue weighted by molar-refractivity contribution is 7.99. The molecule has 24 heavy (non-hydrogen) atoms. The summed E-state index contributed by atoms with van der Waals surface area (Å²) in [5.74, 6) is 0.266. The van der Waals surface area contributed by atoms with E-state index in [1.54, 1.807) is 17.7 Å². The first-order valence-corrected chi connectivity index (χ1v) is 9.47. The van der Waals surface area contributed by atoms with Gasteiger partial charge in [-0.3, -0.25) is 4.79 Å². The molecule has 0 bridgehead atoms. The van der Waals surface area contributed by atoms with E-state index in [4.69, 9.17) is 0 Å². The van der Waals surface area contributed by atoms with Crippen LogP contribution in [0.4, 0.5) is 5.69 Å². The lowest BCUT2D eigenvalue weighted by Crippen LogP contribution is -2.14. The van der Waals surface area contributed by atoms with Crippen LogP contribution >= 0.6 is 23.1 Å². The van der Waals surface area contributed by atoms with Gasteiger partial charge in [-0.1, -0.05) is 35.5 Å². The molecule has 0 aliphatic rings. The smallest absolute Gasteiger partial charge is 0.234 e. The Bertz CT molecular complexity index is 781. The fraction of sp³-hybridized carbons (Fsp3) is 0.235. The third-order valence-corrected chi connectivity index (χ3v) is 5.34. The van der Waals surface area contributed by atoms with Crippen LogP contribution in [-0.2, 0) is 17.8 Å². The Hall–Kier alpha value is -2.12.